The van der Waals surface area contributed by atoms with Crippen LogP contribution in [0.15, 0.2) is 0 Å². The molecule has 13 heavy (non-hydrogen) atoms. The number of hydroxylamine groups is 1. The molecule has 1 saturated heterocycles. The van der Waals surface area contributed by atoms with Crippen molar-refractivity contribution in [3.63, 3.8) is 0 Å². The molecule has 0 aromatic heterocycles. The topological polar surface area (TPSA) is 49.9 Å². The lowest BCUT2D eigenvalue weighted by atomic mass is 10.2. The molecule has 0 aliphatic carbocycles. The number of piperidine rings is 1. The molecule has 0 radical (unpaired) electrons. The number of rotatable bonds is 3. The Kier molecular flexibility index (Phi) is 3.66. The third-order valence-electron chi connectivity index (χ3n) is 2.22. The van der Waals surface area contributed by atoms with Gasteiger partial charge in [-0.25, -0.2) is 0 Å². The summed E-state index contributed by atoms with van der Waals surface area (Å²) in [6.07, 6.45) is 3.00. The molecule has 6 heteroatoms. The molecule has 0 spiro atoms. The molecule has 5 nitrogen and oxygen atoms in total. The first kappa shape index (κ1) is 10.9. The highest BCUT2D eigenvalue weighted by atomic mass is 32.2. The van der Waals surface area contributed by atoms with Crippen LogP contribution < -0.4 is 0 Å². The van der Waals surface area contributed by atoms with Gasteiger partial charge in [0.1, 0.15) is 0 Å². The van der Waals surface area contributed by atoms with Crippen molar-refractivity contribution in [3.8, 4) is 0 Å². The summed E-state index contributed by atoms with van der Waals surface area (Å²) in [7, 11) is -0.612. The predicted octanol–water partition coefficient (Wildman–Crippen LogP) is 0.210. The molecular formula is C7H16N2O3S. The summed E-state index contributed by atoms with van der Waals surface area (Å²) < 4.78 is 25.6. The van der Waals surface area contributed by atoms with Gasteiger partial charge < -0.3 is 0 Å². The van der Waals surface area contributed by atoms with Crippen LogP contribution in [0, 0.1) is 0 Å². The minimum absolute atomic E-state index is 0.607. The quantitative estimate of drug-likeness (QED) is 0.623. The Hall–Kier alpha value is -0.170. The van der Waals surface area contributed by atoms with Crippen molar-refractivity contribution in [1.29, 1.82) is 0 Å². The maximum atomic E-state index is 11.6. The fourth-order valence-corrected chi connectivity index (χ4v) is 2.59. The number of nitrogens with zero attached hydrogens (tertiary/aromatic N) is 2. The molecule has 78 valence electrons. The molecule has 1 rings (SSSR count). The van der Waals surface area contributed by atoms with Crippen molar-refractivity contribution in [2.75, 3.05) is 27.2 Å². The minimum Gasteiger partial charge on any atom is -0.287 e. The highest BCUT2D eigenvalue weighted by Crippen LogP contribution is 2.14. The van der Waals surface area contributed by atoms with Gasteiger partial charge in [0.25, 0.3) is 0 Å². The van der Waals surface area contributed by atoms with E-state index in [9.17, 15) is 8.42 Å². The van der Waals surface area contributed by atoms with Crippen LogP contribution in [-0.2, 0) is 15.0 Å². The van der Waals surface area contributed by atoms with E-state index in [0.29, 0.717) is 13.1 Å². The van der Waals surface area contributed by atoms with Gasteiger partial charge in [-0.1, -0.05) is 10.9 Å². The van der Waals surface area contributed by atoms with Crippen LogP contribution in [-0.4, -0.2) is 44.4 Å². The fourth-order valence-electron chi connectivity index (χ4n) is 1.35. The number of hydrogen-bond acceptors (Lipinski definition) is 3. The Labute approximate surface area is 79.4 Å². The van der Waals surface area contributed by atoms with E-state index in [0.717, 1.165) is 23.7 Å². The van der Waals surface area contributed by atoms with Crippen molar-refractivity contribution in [2.45, 2.75) is 19.3 Å². The summed E-state index contributed by atoms with van der Waals surface area (Å²) in [4.78, 5) is 4.67. The van der Waals surface area contributed by atoms with Crippen molar-refractivity contribution in [2.24, 2.45) is 0 Å². The first-order valence-electron chi connectivity index (χ1n) is 4.37. The molecule has 1 fully saturated rings. The minimum atomic E-state index is -3.37. The van der Waals surface area contributed by atoms with Gasteiger partial charge in [-0.15, -0.1) is 0 Å². The zero-order valence-electron chi connectivity index (χ0n) is 8.06. The second kappa shape index (κ2) is 4.36. The van der Waals surface area contributed by atoms with Crippen LogP contribution in [0.5, 0.6) is 0 Å². The molecule has 0 aromatic carbocycles. The monoisotopic (exact) mass is 208 g/mol. The Morgan fingerprint density at radius 2 is 1.77 bits per heavy atom. The molecule has 0 atom stereocenters. The molecule has 1 aliphatic heterocycles. The van der Waals surface area contributed by atoms with Crippen LogP contribution >= 0.6 is 0 Å². The van der Waals surface area contributed by atoms with Crippen LogP contribution in [0.4, 0.5) is 0 Å². The summed E-state index contributed by atoms with van der Waals surface area (Å²) in [6, 6.07) is 0. The van der Waals surface area contributed by atoms with E-state index in [1.165, 1.54) is 18.5 Å². The third-order valence-corrected chi connectivity index (χ3v) is 4.04. The number of hydrogen-bond donors (Lipinski definition) is 0. The summed E-state index contributed by atoms with van der Waals surface area (Å²) >= 11 is 0. The smallest absolute Gasteiger partial charge is 0.287 e. The molecule has 0 aromatic rings. The van der Waals surface area contributed by atoms with Crippen LogP contribution in [0.3, 0.4) is 0 Å². The fraction of sp³-hybridized carbons (Fsp3) is 1.00. The van der Waals surface area contributed by atoms with E-state index in [4.69, 9.17) is 0 Å². The summed E-state index contributed by atoms with van der Waals surface area (Å²) in [6.45, 7) is 1.21. The van der Waals surface area contributed by atoms with Crippen molar-refractivity contribution < 1.29 is 13.3 Å². The van der Waals surface area contributed by atoms with E-state index >= 15 is 0 Å². The van der Waals surface area contributed by atoms with Gasteiger partial charge in [0.15, 0.2) is 0 Å². The lowest BCUT2D eigenvalue weighted by Gasteiger charge is -2.28. The van der Waals surface area contributed by atoms with Crippen LogP contribution in [0.1, 0.15) is 19.3 Å². The molecule has 0 N–H and O–H groups in total. The Morgan fingerprint density at radius 3 is 2.23 bits per heavy atom. The van der Waals surface area contributed by atoms with E-state index in [1.807, 2.05) is 0 Å². The normalized spacial score (nSPS) is 20.8. The maximum absolute atomic E-state index is 11.6. The van der Waals surface area contributed by atoms with Gasteiger partial charge in [-0.3, -0.25) is 4.84 Å². The van der Waals surface area contributed by atoms with E-state index in [1.54, 1.807) is 0 Å². The molecule has 0 amide bonds. The second-order valence-electron chi connectivity index (χ2n) is 3.06. The van der Waals surface area contributed by atoms with Gasteiger partial charge >= 0.3 is 10.2 Å². The average molecular weight is 208 g/mol. The molecule has 1 aliphatic rings. The second-order valence-corrected chi connectivity index (χ2v) is 4.99. The molecule has 1 heterocycles. The first-order chi connectivity index (χ1) is 6.09. The van der Waals surface area contributed by atoms with Crippen molar-refractivity contribution in [1.82, 2.24) is 8.77 Å². The van der Waals surface area contributed by atoms with E-state index in [-0.39, 0.29) is 0 Å². The van der Waals surface area contributed by atoms with E-state index in [2.05, 4.69) is 4.84 Å². The highest BCUT2D eigenvalue weighted by molar-refractivity contribution is 7.86. The van der Waals surface area contributed by atoms with Gasteiger partial charge in [0.05, 0.1) is 7.11 Å². The molecule has 0 saturated carbocycles. The van der Waals surface area contributed by atoms with Crippen LogP contribution in [0.2, 0.25) is 0 Å². The Morgan fingerprint density at radius 1 is 1.23 bits per heavy atom. The summed E-state index contributed by atoms with van der Waals surface area (Å²) in [5.74, 6) is 0. The van der Waals surface area contributed by atoms with Crippen molar-refractivity contribution in [3.05, 3.63) is 0 Å². The summed E-state index contributed by atoms with van der Waals surface area (Å²) in [5.41, 5.74) is 0. The van der Waals surface area contributed by atoms with Crippen molar-refractivity contribution >= 4 is 10.2 Å². The standard InChI is InChI=1S/C7H16N2O3S/c1-8(12-2)13(10,11)9-6-4-3-5-7-9/h3-7H2,1-2H3. The molecule has 0 unspecified atom stereocenters. The Bertz CT molecular complexity index is 246. The predicted molar refractivity (Wildman–Crippen MR) is 49.1 cm³/mol. The zero-order chi connectivity index (χ0) is 9.90. The van der Waals surface area contributed by atoms with Gasteiger partial charge in [-0.05, 0) is 12.8 Å². The SMILES string of the molecule is CON(C)S(=O)(=O)N1CCCCC1. The zero-order valence-corrected chi connectivity index (χ0v) is 8.88. The average Bonchev–Trinajstić information content (AvgIpc) is 2.18. The lowest BCUT2D eigenvalue weighted by molar-refractivity contribution is -0.0321. The summed E-state index contributed by atoms with van der Waals surface area (Å²) in [5, 5.41) is 0. The maximum Gasteiger partial charge on any atom is 0.303 e. The highest BCUT2D eigenvalue weighted by Gasteiger charge is 2.27. The first-order valence-corrected chi connectivity index (χ1v) is 5.77. The van der Waals surface area contributed by atoms with Crippen LogP contribution in [0.25, 0.3) is 0 Å². The largest absolute Gasteiger partial charge is 0.303 e. The van der Waals surface area contributed by atoms with Gasteiger partial charge in [0.2, 0.25) is 0 Å². The van der Waals surface area contributed by atoms with Gasteiger partial charge in [-0.2, -0.15) is 12.7 Å². The molecular weight excluding hydrogens is 192 g/mol. The van der Waals surface area contributed by atoms with Gasteiger partial charge in [0, 0.05) is 20.1 Å². The molecule has 0 bridgehead atoms. The lowest BCUT2D eigenvalue weighted by Crippen LogP contribution is -2.43. The van der Waals surface area contributed by atoms with E-state index < -0.39 is 10.2 Å². The third kappa shape index (κ3) is 2.40. The Balaban J connectivity index is 2.67.